The molecule has 0 unspecified atom stereocenters. The van der Waals surface area contributed by atoms with E-state index in [1.54, 1.807) is 6.07 Å². The van der Waals surface area contributed by atoms with Crippen LogP contribution in [0.3, 0.4) is 0 Å². The summed E-state index contributed by atoms with van der Waals surface area (Å²) in [4.78, 5) is 12.6. The van der Waals surface area contributed by atoms with Gasteiger partial charge in [0, 0.05) is 12.1 Å². The summed E-state index contributed by atoms with van der Waals surface area (Å²) in [7, 11) is 0. The lowest BCUT2D eigenvalue weighted by atomic mass is 9.99. The molecule has 1 aromatic carbocycles. The van der Waals surface area contributed by atoms with Crippen LogP contribution in [0.1, 0.15) is 64.0 Å². The molecule has 0 saturated heterocycles. The van der Waals surface area contributed by atoms with E-state index < -0.39 is 30.8 Å². The number of ether oxygens (including phenoxy) is 1. The molecule has 1 aromatic rings. The van der Waals surface area contributed by atoms with Gasteiger partial charge in [0.2, 0.25) is 0 Å². The van der Waals surface area contributed by atoms with Crippen molar-refractivity contribution >= 4 is 11.6 Å². The molecule has 162 valence electrons. The van der Waals surface area contributed by atoms with Crippen LogP contribution in [-0.2, 0) is 4.79 Å². The molecule has 1 atom stereocenters. The highest BCUT2D eigenvalue weighted by Gasteiger charge is 2.63. The molecule has 0 bridgehead atoms. The number of hydrazone groups is 1. The smallest absolute Gasteiger partial charge is 0.438 e. The standard InChI is InChI=1S/C21H29F3N2O3/c1-13(2)6-8-16-11-20(28,21(22,23)24)26(25-16)19(27)12-29-18-10-15(5)7-9-17(18)14(3)4/h7,9-10,13-14,28H,6,8,11-12H2,1-5H3/t20-/m1/s1. The fourth-order valence-corrected chi connectivity index (χ4v) is 3.14. The zero-order chi connectivity index (χ0) is 22.0. The summed E-state index contributed by atoms with van der Waals surface area (Å²) in [6, 6.07) is 5.50. The maximum Gasteiger partial charge on any atom is 0.438 e. The van der Waals surface area contributed by atoms with Gasteiger partial charge in [0.1, 0.15) is 5.75 Å². The van der Waals surface area contributed by atoms with Crippen molar-refractivity contribution in [1.82, 2.24) is 5.01 Å². The number of carbonyl (C=O) groups excluding carboxylic acids is 1. The molecule has 0 fully saturated rings. The average molecular weight is 414 g/mol. The number of aryl methyl sites for hydroxylation is 1. The predicted molar refractivity (Wildman–Crippen MR) is 105 cm³/mol. The Kier molecular flexibility index (Phi) is 6.98. The Balaban J connectivity index is 2.21. The number of hydrogen-bond acceptors (Lipinski definition) is 4. The van der Waals surface area contributed by atoms with E-state index in [-0.39, 0.29) is 29.0 Å². The van der Waals surface area contributed by atoms with Crippen molar-refractivity contribution in [3.63, 3.8) is 0 Å². The Morgan fingerprint density at radius 3 is 2.52 bits per heavy atom. The Hall–Kier alpha value is -2.09. The first-order valence-electron chi connectivity index (χ1n) is 9.77. The average Bonchev–Trinajstić information content (AvgIpc) is 2.95. The molecular weight excluding hydrogens is 385 g/mol. The lowest BCUT2D eigenvalue weighted by Crippen LogP contribution is -2.57. The highest BCUT2D eigenvalue weighted by atomic mass is 19.4. The van der Waals surface area contributed by atoms with Crippen LogP contribution in [0.25, 0.3) is 0 Å². The first-order chi connectivity index (χ1) is 13.3. The van der Waals surface area contributed by atoms with Gasteiger partial charge in [-0.05, 0) is 48.8 Å². The summed E-state index contributed by atoms with van der Waals surface area (Å²) >= 11 is 0. The summed E-state index contributed by atoms with van der Waals surface area (Å²) in [5.74, 6) is -0.228. The quantitative estimate of drug-likeness (QED) is 0.699. The number of aliphatic hydroxyl groups is 1. The maximum atomic E-state index is 13.6. The molecule has 0 radical (unpaired) electrons. The first-order valence-corrected chi connectivity index (χ1v) is 9.77. The molecule has 2 rings (SSSR count). The number of hydrogen-bond donors (Lipinski definition) is 1. The van der Waals surface area contributed by atoms with Gasteiger partial charge in [-0.1, -0.05) is 39.8 Å². The molecule has 0 spiro atoms. The minimum Gasteiger partial charge on any atom is -0.483 e. The minimum atomic E-state index is -5.03. The molecule has 1 aliphatic rings. The number of rotatable bonds is 7. The lowest BCUT2D eigenvalue weighted by Gasteiger charge is -2.32. The third-order valence-electron chi connectivity index (χ3n) is 4.89. The van der Waals surface area contributed by atoms with Crippen LogP contribution in [0.5, 0.6) is 5.75 Å². The second kappa shape index (κ2) is 8.73. The Bertz CT molecular complexity index is 775. The van der Waals surface area contributed by atoms with E-state index in [0.29, 0.717) is 12.2 Å². The van der Waals surface area contributed by atoms with Crippen LogP contribution in [0, 0.1) is 12.8 Å². The monoisotopic (exact) mass is 414 g/mol. The van der Waals surface area contributed by atoms with Crippen LogP contribution in [0.15, 0.2) is 23.3 Å². The normalized spacial score (nSPS) is 19.8. The van der Waals surface area contributed by atoms with Gasteiger partial charge in [-0.3, -0.25) is 4.79 Å². The van der Waals surface area contributed by atoms with Gasteiger partial charge in [-0.15, -0.1) is 0 Å². The Morgan fingerprint density at radius 2 is 1.97 bits per heavy atom. The first kappa shape index (κ1) is 23.2. The third kappa shape index (κ3) is 5.29. The molecular formula is C21H29F3N2O3. The van der Waals surface area contributed by atoms with Crippen LogP contribution < -0.4 is 4.74 Å². The topological polar surface area (TPSA) is 62.1 Å². The highest BCUT2D eigenvalue weighted by Crippen LogP contribution is 2.41. The van der Waals surface area contributed by atoms with Crippen LogP contribution >= 0.6 is 0 Å². The molecule has 1 N–H and O–H groups in total. The van der Waals surface area contributed by atoms with Crippen molar-refractivity contribution in [1.29, 1.82) is 0 Å². The van der Waals surface area contributed by atoms with Gasteiger partial charge < -0.3 is 9.84 Å². The third-order valence-corrected chi connectivity index (χ3v) is 4.89. The summed E-state index contributed by atoms with van der Waals surface area (Å²) in [6.45, 7) is 8.99. The number of carbonyl (C=O) groups is 1. The number of halogens is 3. The van der Waals surface area contributed by atoms with Gasteiger partial charge in [0.25, 0.3) is 11.6 Å². The van der Waals surface area contributed by atoms with Crippen molar-refractivity contribution in [2.24, 2.45) is 11.0 Å². The van der Waals surface area contributed by atoms with Crippen LogP contribution in [0.2, 0.25) is 0 Å². The molecule has 1 heterocycles. The van der Waals surface area contributed by atoms with Crippen molar-refractivity contribution in [3.8, 4) is 5.75 Å². The maximum absolute atomic E-state index is 13.6. The van der Waals surface area contributed by atoms with Crippen molar-refractivity contribution in [2.75, 3.05) is 6.61 Å². The van der Waals surface area contributed by atoms with E-state index >= 15 is 0 Å². The SMILES string of the molecule is Cc1ccc(C(C)C)c(OCC(=O)N2N=C(CCC(C)C)C[C@@]2(O)C(F)(F)F)c1. The second-order valence-corrected chi connectivity index (χ2v) is 8.28. The van der Waals surface area contributed by atoms with E-state index in [4.69, 9.17) is 4.74 Å². The zero-order valence-electron chi connectivity index (χ0n) is 17.5. The van der Waals surface area contributed by atoms with E-state index in [1.165, 1.54) is 0 Å². The predicted octanol–water partition coefficient (Wildman–Crippen LogP) is 4.77. The number of alkyl halides is 3. The number of amides is 1. The van der Waals surface area contributed by atoms with Gasteiger partial charge in [-0.2, -0.15) is 23.3 Å². The van der Waals surface area contributed by atoms with Crippen molar-refractivity contribution < 1.29 is 27.8 Å². The molecule has 0 saturated carbocycles. The van der Waals surface area contributed by atoms with Crippen molar-refractivity contribution in [2.45, 2.75) is 71.7 Å². The molecule has 1 aliphatic heterocycles. The van der Waals surface area contributed by atoms with Gasteiger partial charge >= 0.3 is 6.18 Å². The molecule has 29 heavy (non-hydrogen) atoms. The largest absolute Gasteiger partial charge is 0.483 e. The van der Waals surface area contributed by atoms with Gasteiger partial charge in [-0.25, -0.2) is 0 Å². The molecule has 8 heteroatoms. The van der Waals surface area contributed by atoms with Crippen molar-refractivity contribution in [3.05, 3.63) is 29.3 Å². The fraction of sp³-hybridized carbons (Fsp3) is 0.619. The van der Waals surface area contributed by atoms with E-state index in [2.05, 4.69) is 5.10 Å². The van der Waals surface area contributed by atoms with E-state index in [1.807, 2.05) is 46.8 Å². The minimum absolute atomic E-state index is 0.111. The second-order valence-electron chi connectivity index (χ2n) is 8.28. The molecule has 0 aliphatic carbocycles. The Labute approximate surface area is 169 Å². The molecule has 1 amide bonds. The summed E-state index contributed by atoms with van der Waals surface area (Å²) in [6.07, 6.45) is -4.86. The molecule has 5 nitrogen and oxygen atoms in total. The molecule has 0 aromatic heterocycles. The number of nitrogens with zero attached hydrogens (tertiary/aromatic N) is 2. The van der Waals surface area contributed by atoms with Crippen LogP contribution in [-0.4, -0.2) is 40.2 Å². The number of benzene rings is 1. The Morgan fingerprint density at radius 1 is 1.31 bits per heavy atom. The highest BCUT2D eigenvalue weighted by molar-refractivity contribution is 5.91. The van der Waals surface area contributed by atoms with Gasteiger partial charge in [0.05, 0.1) is 0 Å². The summed E-state index contributed by atoms with van der Waals surface area (Å²) in [5, 5.41) is 14.3. The summed E-state index contributed by atoms with van der Waals surface area (Å²) in [5.41, 5.74) is -1.44. The van der Waals surface area contributed by atoms with Gasteiger partial charge in [0.15, 0.2) is 6.61 Å². The summed E-state index contributed by atoms with van der Waals surface area (Å²) < 4.78 is 46.2. The lowest BCUT2D eigenvalue weighted by molar-refractivity contribution is -0.302. The van der Waals surface area contributed by atoms with Crippen LogP contribution in [0.4, 0.5) is 13.2 Å². The zero-order valence-corrected chi connectivity index (χ0v) is 17.5. The van der Waals surface area contributed by atoms with E-state index in [9.17, 15) is 23.1 Å². The fourth-order valence-electron chi connectivity index (χ4n) is 3.14. The van der Waals surface area contributed by atoms with E-state index in [0.717, 1.165) is 11.1 Å².